The van der Waals surface area contributed by atoms with Crippen LogP contribution in [0.4, 0.5) is 5.69 Å². The van der Waals surface area contributed by atoms with E-state index in [1.807, 2.05) is 44.3 Å². The van der Waals surface area contributed by atoms with Gasteiger partial charge >= 0.3 is 0 Å². The average molecular weight is 260 g/mol. The summed E-state index contributed by atoms with van der Waals surface area (Å²) in [5.74, 6) is 0.178. The highest BCUT2D eigenvalue weighted by Crippen LogP contribution is 2.15. The molecule has 1 aromatic carbocycles. The van der Waals surface area contributed by atoms with Crippen molar-refractivity contribution in [1.82, 2.24) is 4.98 Å². The fraction of sp³-hybridized carbons (Fsp3) is 0.286. The van der Waals surface area contributed by atoms with Gasteiger partial charge in [-0.1, -0.05) is 6.92 Å². The van der Waals surface area contributed by atoms with Crippen LogP contribution in [-0.4, -0.2) is 10.8 Å². The van der Waals surface area contributed by atoms with Crippen LogP contribution >= 0.6 is 11.3 Å². The molecule has 0 amide bonds. The van der Waals surface area contributed by atoms with Gasteiger partial charge in [0.05, 0.1) is 6.54 Å². The molecule has 2 aromatic rings. The molecule has 0 aliphatic rings. The highest BCUT2D eigenvalue weighted by molar-refractivity contribution is 7.11. The van der Waals surface area contributed by atoms with E-state index in [4.69, 9.17) is 0 Å². The first-order valence-corrected chi connectivity index (χ1v) is 6.79. The van der Waals surface area contributed by atoms with Crippen molar-refractivity contribution in [3.63, 3.8) is 0 Å². The lowest BCUT2D eigenvalue weighted by Crippen LogP contribution is -2.00. The van der Waals surface area contributed by atoms with Crippen LogP contribution in [0.5, 0.6) is 0 Å². The van der Waals surface area contributed by atoms with Crippen LogP contribution in [-0.2, 0) is 6.54 Å². The first kappa shape index (κ1) is 12.8. The number of Topliss-reactive ketones (excluding diaryl/α,β-unsaturated/α-hetero) is 1. The van der Waals surface area contributed by atoms with Gasteiger partial charge in [-0.05, 0) is 31.2 Å². The molecule has 3 nitrogen and oxygen atoms in total. The number of thiazole rings is 1. The summed E-state index contributed by atoms with van der Waals surface area (Å²) in [7, 11) is 0. The van der Waals surface area contributed by atoms with Gasteiger partial charge in [-0.2, -0.15) is 0 Å². The zero-order valence-corrected chi connectivity index (χ0v) is 11.4. The van der Waals surface area contributed by atoms with E-state index in [9.17, 15) is 4.79 Å². The number of carbonyl (C=O) groups is 1. The van der Waals surface area contributed by atoms with Gasteiger partial charge in [-0.3, -0.25) is 4.79 Å². The van der Waals surface area contributed by atoms with E-state index in [0.29, 0.717) is 6.42 Å². The first-order valence-electron chi connectivity index (χ1n) is 5.97. The van der Waals surface area contributed by atoms with Gasteiger partial charge < -0.3 is 5.32 Å². The van der Waals surface area contributed by atoms with Crippen molar-refractivity contribution in [3.05, 3.63) is 45.9 Å². The number of aryl methyl sites for hydroxylation is 1. The summed E-state index contributed by atoms with van der Waals surface area (Å²) in [5, 5.41) is 4.37. The quantitative estimate of drug-likeness (QED) is 0.834. The van der Waals surface area contributed by atoms with Gasteiger partial charge in [-0.25, -0.2) is 4.98 Å². The van der Waals surface area contributed by atoms with Gasteiger partial charge in [0.2, 0.25) is 0 Å². The molecule has 18 heavy (non-hydrogen) atoms. The van der Waals surface area contributed by atoms with Crippen LogP contribution in [0.25, 0.3) is 0 Å². The van der Waals surface area contributed by atoms with Gasteiger partial charge in [0.1, 0.15) is 5.01 Å². The van der Waals surface area contributed by atoms with Gasteiger partial charge in [-0.15, -0.1) is 11.3 Å². The maximum absolute atomic E-state index is 11.5. The Morgan fingerprint density at radius 1 is 1.33 bits per heavy atom. The molecule has 1 N–H and O–H groups in total. The molecule has 0 spiro atoms. The fourth-order valence-corrected chi connectivity index (χ4v) is 2.37. The standard InChI is InChI=1S/C14H16N2OS/c1-3-13(17)11-4-6-12(7-5-11)15-9-14-16-8-10(2)18-14/h4-8,15H,3,9H2,1-2H3. The molecule has 0 aliphatic heterocycles. The topological polar surface area (TPSA) is 42.0 Å². The summed E-state index contributed by atoms with van der Waals surface area (Å²) in [6, 6.07) is 7.59. The number of ketones is 1. The molecule has 4 heteroatoms. The summed E-state index contributed by atoms with van der Waals surface area (Å²) in [6.45, 7) is 4.64. The second-order valence-electron chi connectivity index (χ2n) is 4.07. The molecule has 0 unspecified atom stereocenters. The van der Waals surface area contributed by atoms with Crippen molar-refractivity contribution in [2.75, 3.05) is 5.32 Å². The normalized spacial score (nSPS) is 10.3. The van der Waals surface area contributed by atoms with Crippen molar-refractivity contribution in [1.29, 1.82) is 0 Å². The maximum atomic E-state index is 11.5. The summed E-state index contributed by atoms with van der Waals surface area (Å²) < 4.78 is 0. The largest absolute Gasteiger partial charge is 0.379 e. The van der Waals surface area contributed by atoms with Crippen LogP contribution in [0.3, 0.4) is 0 Å². The Morgan fingerprint density at radius 3 is 2.61 bits per heavy atom. The third-order valence-corrected chi connectivity index (χ3v) is 3.55. The number of aromatic nitrogens is 1. The van der Waals surface area contributed by atoms with Crippen LogP contribution in [0, 0.1) is 6.92 Å². The van der Waals surface area contributed by atoms with Crippen LogP contribution in [0.1, 0.15) is 33.6 Å². The zero-order chi connectivity index (χ0) is 13.0. The van der Waals surface area contributed by atoms with E-state index in [1.54, 1.807) is 11.3 Å². The van der Waals surface area contributed by atoms with Crippen molar-refractivity contribution in [3.8, 4) is 0 Å². The Bertz CT molecular complexity index is 531. The minimum atomic E-state index is 0.178. The molecule has 1 heterocycles. The Hall–Kier alpha value is -1.68. The SMILES string of the molecule is CCC(=O)c1ccc(NCc2ncc(C)s2)cc1. The van der Waals surface area contributed by atoms with Gasteiger partial charge in [0, 0.05) is 28.7 Å². The number of rotatable bonds is 5. The smallest absolute Gasteiger partial charge is 0.162 e. The molecule has 0 saturated heterocycles. The minimum absolute atomic E-state index is 0.178. The lowest BCUT2D eigenvalue weighted by molar-refractivity contribution is 0.0988. The second kappa shape index (κ2) is 5.78. The molecule has 0 saturated carbocycles. The Morgan fingerprint density at radius 2 is 2.06 bits per heavy atom. The number of nitrogens with one attached hydrogen (secondary N) is 1. The molecule has 0 radical (unpaired) electrons. The van der Waals surface area contributed by atoms with Gasteiger partial charge in [0.15, 0.2) is 5.78 Å². The number of hydrogen-bond acceptors (Lipinski definition) is 4. The third-order valence-electron chi connectivity index (χ3n) is 2.64. The molecular formula is C14H16N2OS. The minimum Gasteiger partial charge on any atom is -0.379 e. The predicted octanol–water partition coefficient (Wildman–Crippen LogP) is 3.66. The molecule has 0 aliphatic carbocycles. The molecule has 2 rings (SSSR count). The summed E-state index contributed by atoms with van der Waals surface area (Å²) in [6.07, 6.45) is 2.43. The van der Waals surface area contributed by atoms with E-state index in [-0.39, 0.29) is 5.78 Å². The molecule has 0 atom stereocenters. The van der Waals surface area contributed by atoms with E-state index in [0.717, 1.165) is 22.8 Å². The van der Waals surface area contributed by atoms with E-state index in [1.165, 1.54) is 4.88 Å². The van der Waals surface area contributed by atoms with Crippen molar-refractivity contribution in [2.24, 2.45) is 0 Å². The van der Waals surface area contributed by atoms with Crippen LogP contribution < -0.4 is 5.32 Å². The van der Waals surface area contributed by atoms with Crippen LogP contribution in [0.15, 0.2) is 30.5 Å². The van der Waals surface area contributed by atoms with E-state index in [2.05, 4.69) is 10.3 Å². The Labute approximate surface area is 111 Å². The van der Waals surface area contributed by atoms with Gasteiger partial charge in [0.25, 0.3) is 0 Å². The number of benzene rings is 1. The molecular weight excluding hydrogens is 244 g/mol. The lowest BCUT2D eigenvalue weighted by atomic mass is 10.1. The Balaban J connectivity index is 1.96. The predicted molar refractivity (Wildman–Crippen MR) is 75.2 cm³/mol. The average Bonchev–Trinajstić information content (AvgIpc) is 2.82. The third kappa shape index (κ3) is 3.17. The van der Waals surface area contributed by atoms with Crippen molar-refractivity contribution < 1.29 is 4.79 Å². The molecule has 0 bridgehead atoms. The van der Waals surface area contributed by atoms with E-state index >= 15 is 0 Å². The zero-order valence-electron chi connectivity index (χ0n) is 10.6. The highest BCUT2D eigenvalue weighted by atomic mass is 32.1. The summed E-state index contributed by atoms with van der Waals surface area (Å²) in [5.41, 5.74) is 1.78. The number of carbonyl (C=O) groups excluding carboxylic acids is 1. The molecule has 1 aromatic heterocycles. The van der Waals surface area contributed by atoms with Crippen molar-refractivity contribution in [2.45, 2.75) is 26.8 Å². The summed E-state index contributed by atoms with van der Waals surface area (Å²) in [4.78, 5) is 17.0. The van der Waals surface area contributed by atoms with E-state index < -0.39 is 0 Å². The fourth-order valence-electron chi connectivity index (χ4n) is 1.64. The Kier molecular flexibility index (Phi) is 4.10. The second-order valence-corrected chi connectivity index (χ2v) is 5.39. The monoisotopic (exact) mass is 260 g/mol. The van der Waals surface area contributed by atoms with Crippen LogP contribution in [0.2, 0.25) is 0 Å². The summed E-state index contributed by atoms with van der Waals surface area (Å²) >= 11 is 1.69. The highest BCUT2D eigenvalue weighted by Gasteiger charge is 2.03. The maximum Gasteiger partial charge on any atom is 0.162 e. The lowest BCUT2D eigenvalue weighted by Gasteiger charge is -2.05. The number of nitrogens with zero attached hydrogens (tertiary/aromatic N) is 1. The molecule has 0 fully saturated rings. The first-order chi connectivity index (χ1) is 8.69. The molecule has 94 valence electrons. The number of hydrogen-bond donors (Lipinski definition) is 1. The number of anilines is 1. The van der Waals surface area contributed by atoms with Crippen molar-refractivity contribution >= 4 is 22.8 Å².